The van der Waals surface area contributed by atoms with Gasteiger partial charge in [-0.1, -0.05) is 44.2 Å². The maximum absolute atomic E-state index is 15.0. The van der Waals surface area contributed by atoms with Gasteiger partial charge >= 0.3 is 0 Å². The summed E-state index contributed by atoms with van der Waals surface area (Å²) >= 11 is 0. The molecule has 0 saturated carbocycles. The van der Waals surface area contributed by atoms with Crippen molar-refractivity contribution >= 4 is 44.8 Å². The van der Waals surface area contributed by atoms with Crippen molar-refractivity contribution in [2.45, 2.75) is 26.5 Å². The number of H-pyrrole nitrogens is 1. The average Bonchev–Trinajstić information content (AvgIpc) is 3.51. The minimum Gasteiger partial charge on any atom is -0.390 e. The molecule has 0 spiro atoms. The number of imide groups is 1. The number of carbonyl (C=O) groups is 2. The highest BCUT2D eigenvalue weighted by Crippen LogP contribution is 2.38. The Hall–Kier alpha value is -3.75. The molecule has 1 aliphatic rings. The number of likely N-dealkylation sites (N-methyl/N-ethyl adjacent to an activating group) is 1. The van der Waals surface area contributed by atoms with Crippen LogP contribution < -0.4 is 5.32 Å². The number of nitrogens with one attached hydrogen (secondary N) is 2. The lowest BCUT2D eigenvalue weighted by Gasteiger charge is -2.22. The fraction of sp³-hybridized carbons (Fsp3) is 0.259. The van der Waals surface area contributed by atoms with E-state index in [0.29, 0.717) is 28.6 Å². The van der Waals surface area contributed by atoms with Crippen LogP contribution in [-0.4, -0.2) is 57.1 Å². The summed E-state index contributed by atoms with van der Waals surface area (Å²) < 4.78 is 16.7. The quantitative estimate of drug-likeness (QED) is 0.341. The number of benzene rings is 2. The number of nitrogens with zero attached hydrogens (tertiary/aromatic N) is 2. The van der Waals surface area contributed by atoms with Crippen LogP contribution in [0.1, 0.15) is 25.0 Å². The van der Waals surface area contributed by atoms with Gasteiger partial charge in [-0.3, -0.25) is 14.9 Å². The first-order valence-electron chi connectivity index (χ1n) is 11.8. The summed E-state index contributed by atoms with van der Waals surface area (Å²) in [5, 5.41) is 14.5. The summed E-state index contributed by atoms with van der Waals surface area (Å²) in [4.78, 5) is 31.2. The van der Waals surface area contributed by atoms with Gasteiger partial charge in [-0.15, -0.1) is 0 Å². The van der Waals surface area contributed by atoms with Crippen LogP contribution in [-0.2, 0) is 16.1 Å². The van der Waals surface area contributed by atoms with Crippen molar-refractivity contribution < 1.29 is 19.1 Å². The van der Waals surface area contributed by atoms with Gasteiger partial charge in [0, 0.05) is 52.9 Å². The Morgan fingerprint density at radius 1 is 0.971 bits per heavy atom. The molecule has 0 saturated heterocycles. The molecule has 0 fully saturated rings. The highest BCUT2D eigenvalue weighted by molar-refractivity contribution is 6.50. The van der Waals surface area contributed by atoms with Gasteiger partial charge in [0.25, 0.3) is 11.8 Å². The van der Waals surface area contributed by atoms with Gasteiger partial charge < -0.3 is 19.6 Å². The SMILES string of the molecule is CCN(CC)CC(O)Cn1cc(C2=C(c3c[nH]c4ccccc34)C(=O)NC2=O)c2cccc(F)c21. The van der Waals surface area contributed by atoms with E-state index in [1.165, 1.54) is 6.07 Å². The summed E-state index contributed by atoms with van der Waals surface area (Å²) in [5.74, 6) is -1.47. The molecule has 0 bridgehead atoms. The first kappa shape index (κ1) is 23.0. The molecule has 3 heterocycles. The van der Waals surface area contributed by atoms with E-state index in [-0.39, 0.29) is 17.7 Å². The Morgan fingerprint density at radius 2 is 1.66 bits per heavy atom. The number of aromatic nitrogens is 2. The van der Waals surface area contributed by atoms with Gasteiger partial charge in [-0.05, 0) is 25.2 Å². The molecule has 2 aromatic heterocycles. The number of aliphatic hydroxyl groups is 1. The van der Waals surface area contributed by atoms with E-state index >= 15 is 4.39 Å². The smallest absolute Gasteiger partial charge is 0.259 e. The number of aromatic amines is 1. The third-order valence-corrected chi connectivity index (χ3v) is 6.68. The van der Waals surface area contributed by atoms with Crippen molar-refractivity contribution in [3.63, 3.8) is 0 Å². The molecule has 7 nitrogen and oxygen atoms in total. The zero-order chi connectivity index (χ0) is 24.7. The molecule has 1 aliphatic heterocycles. The number of para-hydroxylation sites is 2. The van der Waals surface area contributed by atoms with E-state index in [1.807, 2.05) is 38.1 Å². The third-order valence-electron chi connectivity index (χ3n) is 6.68. The molecule has 2 aromatic carbocycles. The molecule has 3 N–H and O–H groups in total. The second-order valence-corrected chi connectivity index (χ2v) is 8.75. The van der Waals surface area contributed by atoms with Gasteiger partial charge in [0.15, 0.2) is 0 Å². The van der Waals surface area contributed by atoms with E-state index in [9.17, 15) is 14.7 Å². The first-order valence-corrected chi connectivity index (χ1v) is 11.8. The molecule has 5 rings (SSSR count). The molecule has 180 valence electrons. The molecule has 8 heteroatoms. The zero-order valence-corrected chi connectivity index (χ0v) is 19.6. The van der Waals surface area contributed by atoms with Crippen LogP contribution in [0, 0.1) is 5.82 Å². The molecule has 35 heavy (non-hydrogen) atoms. The molecule has 4 aromatic rings. The first-order chi connectivity index (χ1) is 16.9. The standard InChI is InChI=1S/C27H27FN4O3/c1-3-31(4-2)13-16(33)14-32-15-20(18-9-7-10-21(28)25(18)32)24-23(26(34)30-27(24)35)19-12-29-22-11-6-5-8-17(19)22/h5-12,15-16,29,33H,3-4,13-14H2,1-2H3,(H,30,34,35). The van der Waals surface area contributed by atoms with E-state index in [0.717, 1.165) is 24.0 Å². The molecule has 2 amide bonds. The molecule has 0 radical (unpaired) electrons. The van der Waals surface area contributed by atoms with E-state index in [1.54, 1.807) is 29.1 Å². The number of amides is 2. The number of rotatable bonds is 8. The van der Waals surface area contributed by atoms with Crippen LogP contribution >= 0.6 is 0 Å². The topological polar surface area (TPSA) is 90.4 Å². The minimum absolute atomic E-state index is 0.152. The van der Waals surface area contributed by atoms with Gasteiger partial charge in [0.05, 0.1) is 22.8 Å². The second kappa shape index (κ2) is 9.13. The van der Waals surface area contributed by atoms with Crippen LogP contribution in [0.2, 0.25) is 0 Å². The monoisotopic (exact) mass is 474 g/mol. The largest absolute Gasteiger partial charge is 0.390 e. The van der Waals surface area contributed by atoms with E-state index in [2.05, 4.69) is 15.2 Å². The van der Waals surface area contributed by atoms with Crippen molar-refractivity contribution in [2.75, 3.05) is 19.6 Å². The van der Waals surface area contributed by atoms with Gasteiger partial charge in [0.1, 0.15) is 5.82 Å². The summed E-state index contributed by atoms with van der Waals surface area (Å²) in [6.45, 7) is 6.23. The molecular weight excluding hydrogens is 447 g/mol. The predicted molar refractivity (Wildman–Crippen MR) is 134 cm³/mol. The number of hydrogen-bond donors (Lipinski definition) is 3. The van der Waals surface area contributed by atoms with Crippen molar-refractivity contribution in [3.05, 3.63) is 71.8 Å². The Morgan fingerprint density at radius 3 is 2.40 bits per heavy atom. The highest BCUT2D eigenvalue weighted by Gasteiger charge is 2.35. The number of halogens is 1. The minimum atomic E-state index is -0.737. The van der Waals surface area contributed by atoms with Crippen LogP contribution in [0.15, 0.2) is 54.9 Å². The lowest BCUT2D eigenvalue weighted by atomic mass is 9.95. The molecular formula is C27H27FN4O3. The average molecular weight is 475 g/mol. The van der Waals surface area contributed by atoms with Crippen molar-refractivity contribution in [1.82, 2.24) is 19.8 Å². The van der Waals surface area contributed by atoms with Crippen LogP contribution in [0.5, 0.6) is 0 Å². The summed E-state index contributed by atoms with van der Waals surface area (Å²) in [6, 6.07) is 12.2. The van der Waals surface area contributed by atoms with Gasteiger partial charge in [-0.2, -0.15) is 0 Å². The van der Waals surface area contributed by atoms with Crippen LogP contribution in [0.4, 0.5) is 4.39 Å². The summed E-state index contributed by atoms with van der Waals surface area (Å²) in [5.41, 5.74) is 2.65. The van der Waals surface area contributed by atoms with E-state index < -0.39 is 23.7 Å². The number of carbonyl (C=O) groups excluding carboxylic acids is 2. The number of aliphatic hydroxyl groups excluding tert-OH is 1. The molecule has 1 unspecified atom stereocenters. The Labute approximate surface area is 201 Å². The maximum Gasteiger partial charge on any atom is 0.259 e. The van der Waals surface area contributed by atoms with Gasteiger partial charge in [0.2, 0.25) is 0 Å². The third kappa shape index (κ3) is 3.94. The second-order valence-electron chi connectivity index (χ2n) is 8.75. The fourth-order valence-electron chi connectivity index (χ4n) is 4.97. The number of fused-ring (bicyclic) bond motifs is 2. The summed E-state index contributed by atoms with van der Waals surface area (Å²) in [6.07, 6.45) is 2.65. The zero-order valence-electron chi connectivity index (χ0n) is 19.6. The predicted octanol–water partition coefficient (Wildman–Crippen LogP) is 3.53. The maximum atomic E-state index is 15.0. The Bertz CT molecular complexity index is 1480. The van der Waals surface area contributed by atoms with Crippen molar-refractivity contribution in [3.8, 4) is 0 Å². The fourth-order valence-corrected chi connectivity index (χ4v) is 4.97. The lowest BCUT2D eigenvalue weighted by molar-refractivity contribution is -0.122. The highest BCUT2D eigenvalue weighted by atomic mass is 19.1. The lowest BCUT2D eigenvalue weighted by Crippen LogP contribution is -2.34. The van der Waals surface area contributed by atoms with E-state index in [4.69, 9.17) is 0 Å². The summed E-state index contributed by atoms with van der Waals surface area (Å²) in [7, 11) is 0. The van der Waals surface area contributed by atoms with Gasteiger partial charge in [-0.25, -0.2) is 4.39 Å². The van der Waals surface area contributed by atoms with Crippen molar-refractivity contribution in [1.29, 1.82) is 0 Å². The number of hydrogen-bond acceptors (Lipinski definition) is 4. The Kier molecular flexibility index (Phi) is 6.00. The van der Waals surface area contributed by atoms with Crippen LogP contribution in [0.25, 0.3) is 33.0 Å². The Balaban J connectivity index is 1.68. The van der Waals surface area contributed by atoms with Crippen LogP contribution in [0.3, 0.4) is 0 Å². The normalized spacial score (nSPS) is 15.1. The molecule has 0 aliphatic carbocycles. The van der Waals surface area contributed by atoms with Crippen molar-refractivity contribution in [2.24, 2.45) is 0 Å². The molecule has 1 atom stereocenters.